The minimum Gasteiger partial charge on any atom is -0.481 e. The Morgan fingerprint density at radius 2 is 1.77 bits per heavy atom. The van der Waals surface area contributed by atoms with E-state index in [2.05, 4.69) is 27.7 Å². The second-order valence-electron chi connectivity index (χ2n) is 12.0. The van der Waals surface area contributed by atoms with E-state index < -0.39 is 5.97 Å². The van der Waals surface area contributed by atoms with E-state index in [9.17, 15) is 4.79 Å². The van der Waals surface area contributed by atoms with E-state index in [4.69, 9.17) is 9.84 Å². The van der Waals surface area contributed by atoms with Crippen molar-refractivity contribution in [2.45, 2.75) is 111 Å². The molecule has 0 bridgehead atoms. The standard InChI is InChI=1S/C27H46O3/c1-5-30-20-13-15-26(3)19(17-20)9-10-21-23-12-11-22(18(2)7-6-8-25(28)29)27(23,4)16-14-24(21)26/h18-24H,5-17H2,1-4H3,(H,28,29)/t18-,19-,20+,21+,22-,23+,24+,26+,27-/m1/s1. The molecule has 0 aromatic heterocycles. The van der Waals surface area contributed by atoms with E-state index in [1.165, 1.54) is 57.8 Å². The van der Waals surface area contributed by atoms with Gasteiger partial charge in [-0.15, -0.1) is 0 Å². The third kappa shape index (κ3) is 3.86. The van der Waals surface area contributed by atoms with Crippen molar-refractivity contribution in [3.8, 4) is 0 Å². The largest absolute Gasteiger partial charge is 0.481 e. The van der Waals surface area contributed by atoms with Crippen LogP contribution in [0.25, 0.3) is 0 Å². The molecule has 0 amide bonds. The topological polar surface area (TPSA) is 46.5 Å². The number of carboxylic acid groups (broad SMARTS) is 1. The van der Waals surface area contributed by atoms with Crippen molar-refractivity contribution >= 4 is 5.97 Å². The van der Waals surface area contributed by atoms with Crippen molar-refractivity contribution in [3.05, 3.63) is 0 Å². The Balaban J connectivity index is 1.44. The summed E-state index contributed by atoms with van der Waals surface area (Å²) in [6.45, 7) is 10.7. The summed E-state index contributed by atoms with van der Waals surface area (Å²) in [5, 5.41) is 9.02. The molecule has 4 aliphatic carbocycles. The summed E-state index contributed by atoms with van der Waals surface area (Å²) in [6, 6.07) is 0. The van der Waals surface area contributed by atoms with Gasteiger partial charge in [0.25, 0.3) is 0 Å². The van der Waals surface area contributed by atoms with E-state index >= 15 is 0 Å². The highest BCUT2D eigenvalue weighted by Gasteiger charge is 2.60. The van der Waals surface area contributed by atoms with Crippen molar-refractivity contribution in [2.75, 3.05) is 6.61 Å². The van der Waals surface area contributed by atoms with Crippen LogP contribution in [-0.2, 0) is 9.53 Å². The molecule has 4 fully saturated rings. The lowest BCUT2D eigenvalue weighted by atomic mass is 9.44. The number of carboxylic acids is 1. The van der Waals surface area contributed by atoms with Crippen LogP contribution in [-0.4, -0.2) is 23.8 Å². The summed E-state index contributed by atoms with van der Waals surface area (Å²) in [5.74, 6) is 4.48. The predicted octanol–water partition coefficient (Wildman–Crippen LogP) is 6.94. The fourth-order valence-electron chi connectivity index (χ4n) is 9.36. The first kappa shape index (κ1) is 22.6. The number of hydrogen-bond donors (Lipinski definition) is 1. The Kier molecular flexibility index (Phi) is 6.60. The number of ether oxygens (including phenoxy) is 1. The Bertz CT molecular complexity index is 617. The van der Waals surface area contributed by atoms with Crippen LogP contribution in [0.2, 0.25) is 0 Å². The van der Waals surface area contributed by atoms with Crippen LogP contribution in [0.4, 0.5) is 0 Å². The molecule has 4 saturated carbocycles. The summed E-state index contributed by atoms with van der Waals surface area (Å²) in [7, 11) is 0. The van der Waals surface area contributed by atoms with E-state index in [1.807, 2.05) is 0 Å². The van der Waals surface area contributed by atoms with Gasteiger partial charge in [0.05, 0.1) is 6.10 Å². The molecule has 3 nitrogen and oxygen atoms in total. The first-order valence-electron chi connectivity index (χ1n) is 13.1. The van der Waals surface area contributed by atoms with Crippen LogP contribution in [0.1, 0.15) is 105 Å². The molecule has 3 heteroatoms. The molecule has 0 saturated heterocycles. The van der Waals surface area contributed by atoms with Crippen LogP contribution in [0.3, 0.4) is 0 Å². The number of hydrogen-bond acceptors (Lipinski definition) is 2. The molecule has 0 unspecified atom stereocenters. The molecule has 0 spiro atoms. The summed E-state index contributed by atoms with van der Waals surface area (Å²) in [6.07, 6.45) is 15.3. The molecular formula is C27H46O3. The Hall–Kier alpha value is -0.570. The van der Waals surface area contributed by atoms with E-state index in [0.717, 1.165) is 49.0 Å². The zero-order valence-corrected chi connectivity index (χ0v) is 20.0. The van der Waals surface area contributed by atoms with Gasteiger partial charge in [0.15, 0.2) is 0 Å². The highest BCUT2D eigenvalue weighted by atomic mass is 16.5. The normalized spacial score (nSPS) is 46.5. The molecular weight excluding hydrogens is 372 g/mol. The molecule has 0 aromatic rings. The van der Waals surface area contributed by atoms with Crippen molar-refractivity contribution in [3.63, 3.8) is 0 Å². The molecule has 0 aromatic carbocycles. The van der Waals surface area contributed by atoms with Crippen LogP contribution < -0.4 is 0 Å². The van der Waals surface area contributed by atoms with E-state index in [0.29, 0.717) is 29.3 Å². The second-order valence-corrected chi connectivity index (χ2v) is 12.0. The number of aliphatic carboxylic acids is 1. The average Bonchev–Trinajstić information content (AvgIpc) is 3.05. The third-order valence-electron chi connectivity index (χ3n) is 10.8. The van der Waals surface area contributed by atoms with Crippen molar-refractivity contribution < 1.29 is 14.6 Å². The maximum absolute atomic E-state index is 10.9. The first-order chi connectivity index (χ1) is 14.3. The van der Waals surface area contributed by atoms with Gasteiger partial charge in [-0.1, -0.05) is 20.8 Å². The lowest BCUT2D eigenvalue weighted by Crippen LogP contribution is -2.54. The van der Waals surface area contributed by atoms with Gasteiger partial charge in [-0.25, -0.2) is 0 Å². The Morgan fingerprint density at radius 3 is 2.50 bits per heavy atom. The molecule has 30 heavy (non-hydrogen) atoms. The highest BCUT2D eigenvalue weighted by Crippen LogP contribution is 2.68. The quantitative estimate of drug-likeness (QED) is 0.487. The molecule has 1 N–H and O–H groups in total. The first-order valence-corrected chi connectivity index (χ1v) is 13.1. The van der Waals surface area contributed by atoms with E-state index in [1.54, 1.807) is 0 Å². The Morgan fingerprint density at radius 1 is 1.03 bits per heavy atom. The average molecular weight is 419 g/mol. The maximum Gasteiger partial charge on any atom is 0.303 e. The molecule has 0 radical (unpaired) electrons. The fourth-order valence-corrected chi connectivity index (χ4v) is 9.36. The van der Waals surface area contributed by atoms with Crippen LogP contribution in [0.5, 0.6) is 0 Å². The molecule has 9 atom stereocenters. The molecule has 0 heterocycles. The van der Waals surface area contributed by atoms with Crippen LogP contribution >= 0.6 is 0 Å². The van der Waals surface area contributed by atoms with Gasteiger partial charge in [0.1, 0.15) is 0 Å². The molecule has 4 rings (SSSR count). The van der Waals surface area contributed by atoms with Gasteiger partial charge in [-0.05, 0) is 124 Å². The number of carbonyl (C=O) groups is 1. The minimum absolute atomic E-state index is 0.338. The van der Waals surface area contributed by atoms with Crippen molar-refractivity contribution in [1.29, 1.82) is 0 Å². The smallest absolute Gasteiger partial charge is 0.303 e. The zero-order chi connectivity index (χ0) is 21.5. The number of fused-ring (bicyclic) bond motifs is 5. The monoisotopic (exact) mass is 418 g/mol. The summed E-state index contributed by atoms with van der Waals surface area (Å²) in [5.41, 5.74) is 1.04. The van der Waals surface area contributed by atoms with Crippen molar-refractivity contribution in [2.24, 2.45) is 46.3 Å². The predicted molar refractivity (Wildman–Crippen MR) is 121 cm³/mol. The van der Waals surface area contributed by atoms with Crippen molar-refractivity contribution in [1.82, 2.24) is 0 Å². The lowest BCUT2D eigenvalue weighted by Gasteiger charge is -2.61. The SMILES string of the molecule is CCO[C@H]1CC[C@@]2(C)[C@H](CC[C@@H]3[C@@H]2CC[C@]2(C)[C@@H]([C@H](C)CCCC(=O)O)CC[C@@H]32)C1. The maximum atomic E-state index is 10.9. The summed E-state index contributed by atoms with van der Waals surface area (Å²) >= 11 is 0. The third-order valence-corrected chi connectivity index (χ3v) is 10.8. The Labute approximate surface area is 184 Å². The lowest BCUT2D eigenvalue weighted by molar-refractivity contribution is -0.137. The molecule has 172 valence electrons. The molecule has 4 aliphatic rings. The van der Waals surface area contributed by atoms with Gasteiger partial charge in [-0.3, -0.25) is 4.79 Å². The zero-order valence-electron chi connectivity index (χ0n) is 20.0. The summed E-state index contributed by atoms with van der Waals surface area (Å²) < 4.78 is 6.05. The highest BCUT2D eigenvalue weighted by molar-refractivity contribution is 5.66. The molecule has 0 aliphatic heterocycles. The van der Waals surface area contributed by atoms with Crippen LogP contribution in [0.15, 0.2) is 0 Å². The van der Waals surface area contributed by atoms with Gasteiger partial charge < -0.3 is 9.84 Å². The van der Waals surface area contributed by atoms with Gasteiger partial charge in [-0.2, -0.15) is 0 Å². The minimum atomic E-state index is -0.637. The van der Waals surface area contributed by atoms with Gasteiger partial charge in [0.2, 0.25) is 0 Å². The van der Waals surface area contributed by atoms with Crippen LogP contribution in [0, 0.1) is 46.3 Å². The second kappa shape index (κ2) is 8.75. The number of rotatable bonds is 7. The van der Waals surface area contributed by atoms with E-state index in [-0.39, 0.29) is 0 Å². The summed E-state index contributed by atoms with van der Waals surface area (Å²) in [4.78, 5) is 10.9. The fraction of sp³-hybridized carbons (Fsp3) is 0.963. The van der Waals surface area contributed by atoms with Gasteiger partial charge in [0, 0.05) is 13.0 Å². The van der Waals surface area contributed by atoms with Gasteiger partial charge >= 0.3 is 5.97 Å².